The van der Waals surface area contributed by atoms with E-state index >= 15 is 0 Å². The second kappa shape index (κ2) is 18.7. The van der Waals surface area contributed by atoms with E-state index in [1.807, 2.05) is 6.79 Å². The van der Waals surface area contributed by atoms with Gasteiger partial charge in [0.15, 0.2) is 0 Å². The van der Waals surface area contributed by atoms with Crippen LogP contribution < -0.4 is 0 Å². The normalized spacial score (nSPS) is 11.1. The second-order valence-corrected chi connectivity index (χ2v) is 7.61. The molecule has 0 aromatic carbocycles. The molecule has 0 atom stereocenters. The van der Waals surface area contributed by atoms with Crippen LogP contribution in [0, 0.1) is 0 Å². The van der Waals surface area contributed by atoms with Crippen LogP contribution in [-0.2, 0) is 4.79 Å². The topological polar surface area (TPSA) is 17.1 Å². The summed E-state index contributed by atoms with van der Waals surface area (Å²) in [6, 6.07) is 0. The smallest absolute Gasteiger partial charge is 0.106 e. The first-order valence-corrected chi connectivity index (χ1v) is 9.65. The molecule has 0 saturated heterocycles. The lowest BCUT2D eigenvalue weighted by Crippen LogP contribution is -2.35. The first kappa shape index (κ1) is 23.9. The van der Waals surface area contributed by atoms with Crippen LogP contribution in [0.4, 0.5) is 0 Å². The monoisotopic (exact) mass is 314 g/mol. The van der Waals surface area contributed by atoms with Crippen molar-refractivity contribution in [2.75, 3.05) is 27.7 Å². The van der Waals surface area contributed by atoms with Gasteiger partial charge in [-0.05, 0) is 12.8 Å². The van der Waals surface area contributed by atoms with Crippen LogP contribution >= 0.6 is 0 Å². The lowest BCUT2D eigenvalue weighted by atomic mass is 10.0. The summed E-state index contributed by atoms with van der Waals surface area (Å²) in [5, 5.41) is 0. The average molecular weight is 315 g/mol. The summed E-state index contributed by atoms with van der Waals surface area (Å²) >= 11 is 0. The number of carbonyl (C=O) groups is 1. The molecule has 0 heterocycles. The standard InChI is InChI=1S/C19H42N.CH2O/c1-5-6-7-8-9-10-11-12-13-14-15-16-17-18-19-20(2,3)4;1-2/h5-19H2,1-4H3;1H2/q+1;. The van der Waals surface area contributed by atoms with Crippen LogP contribution in [0.3, 0.4) is 0 Å². The van der Waals surface area contributed by atoms with Gasteiger partial charge in [-0.1, -0.05) is 84.0 Å². The van der Waals surface area contributed by atoms with Crippen molar-refractivity contribution in [2.24, 2.45) is 0 Å². The highest BCUT2D eigenvalue weighted by molar-refractivity contribution is 5.10. The molecule has 0 spiro atoms. The zero-order chi connectivity index (χ0) is 17.1. The maximum atomic E-state index is 8.00. The fraction of sp³-hybridized carbons (Fsp3) is 0.950. The molecule has 0 aromatic heterocycles. The molecule has 22 heavy (non-hydrogen) atoms. The molecule has 0 unspecified atom stereocenters. The average Bonchev–Trinajstić information content (AvgIpc) is 2.48. The third kappa shape index (κ3) is 24.6. The van der Waals surface area contributed by atoms with E-state index in [0.717, 1.165) is 4.48 Å². The molecule has 0 amide bonds. The Hall–Kier alpha value is -0.370. The largest absolute Gasteiger partial charge is 0.331 e. The molecule has 0 bridgehead atoms. The van der Waals surface area contributed by atoms with E-state index in [4.69, 9.17) is 4.79 Å². The first-order valence-electron chi connectivity index (χ1n) is 9.65. The van der Waals surface area contributed by atoms with Crippen molar-refractivity contribution in [2.45, 2.75) is 96.8 Å². The number of hydrogen-bond donors (Lipinski definition) is 0. The molecule has 2 heteroatoms. The van der Waals surface area contributed by atoms with E-state index < -0.39 is 0 Å². The Morgan fingerprint density at radius 1 is 0.545 bits per heavy atom. The number of nitrogens with zero attached hydrogens (tertiary/aromatic N) is 1. The van der Waals surface area contributed by atoms with Gasteiger partial charge in [0.05, 0.1) is 27.7 Å². The number of quaternary nitrogens is 1. The number of rotatable bonds is 15. The van der Waals surface area contributed by atoms with E-state index in [1.54, 1.807) is 0 Å². The highest BCUT2D eigenvalue weighted by Gasteiger charge is 2.04. The van der Waals surface area contributed by atoms with E-state index in [-0.39, 0.29) is 0 Å². The van der Waals surface area contributed by atoms with Crippen molar-refractivity contribution in [1.82, 2.24) is 0 Å². The van der Waals surface area contributed by atoms with Crippen LogP contribution in [0.25, 0.3) is 0 Å². The molecule has 2 nitrogen and oxygen atoms in total. The van der Waals surface area contributed by atoms with Gasteiger partial charge in [-0.3, -0.25) is 0 Å². The summed E-state index contributed by atoms with van der Waals surface area (Å²) < 4.78 is 1.12. The van der Waals surface area contributed by atoms with Gasteiger partial charge < -0.3 is 9.28 Å². The van der Waals surface area contributed by atoms with Gasteiger partial charge >= 0.3 is 0 Å². The van der Waals surface area contributed by atoms with Crippen molar-refractivity contribution in [3.8, 4) is 0 Å². The SMILES string of the molecule is C=O.CCCCCCCCCCCCCCCC[N+](C)(C)C. The molecule has 0 aliphatic rings. The third-order valence-corrected chi connectivity index (χ3v) is 4.18. The molecule has 0 aliphatic heterocycles. The van der Waals surface area contributed by atoms with Crippen LogP contribution in [0.15, 0.2) is 0 Å². The van der Waals surface area contributed by atoms with Gasteiger partial charge in [0, 0.05) is 0 Å². The van der Waals surface area contributed by atoms with Crippen LogP contribution in [-0.4, -0.2) is 39.0 Å². The van der Waals surface area contributed by atoms with Crippen LogP contribution in [0.2, 0.25) is 0 Å². The Morgan fingerprint density at radius 2 is 0.818 bits per heavy atom. The predicted octanol–water partition coefficient (Wildman–Crippen LogP) is 5.99. The molecule has 0 saturated carbocycles. The van der Waals surface area contributed by atoms with Crippen molar-refractivity contribution in [3.05, 3.63) is 0 Å². The van der Waals surface area contributed by atoms with Crippen molar-refractivity contribution < 1.29 is 9.28 Å². The summed E-state index contributed by atoms with van der Waals surface area (Å²) in [5.74, 6) is 0. The fourth-order valence-corrected chi connectivity index (χ4v) is 2.78. The molecule has 0 aliphatic carbocycles. The summed E-state index contributed by atoms with van der Waals surface area (Å²) in [5.41, 5.74) is 0. The fourth-order valence-electron chi connectivity index (χ4n) is 2.78. The Balaban J connectivity index is 0. The zero-order valence-corrected chi connectivity index (χ0v) is 16.2. The van der Waals surface area contributed by atoms with E-state index in [2.05, 4.69) is 28.1 Å². The molecule has 0 aromatic rings. The summed E-state index contributed by atoms with van der Waals surface area (Å²) in [7, 11) is 6.88. The molecule has 0 fully saturated rings. The highest BCUT2D eigenvalue weighted by atomic mass is 16.1. The summed E-state index contributed by atoms with van der Waals surface area (Å²) in [6.45, 7) is 5.63. The Labute approximate surface area is 141 Å². The van der Waals surface area contributed by atoms with Gasteiger partial charge in [0.2, 0.25) is 0 Å². The van der Waals surface area contributed by atoms with Gasteiger partial charge in [-0.2, -0.15) is 0 Å². The molecular formula is C20H44NO+. The van der Waals surface area contributed by atoms with Gasteiger partial charge in [0.1, 0.15) is 6.79 Å². The Morgan fingerprint density at radius 3 is 1.09 bits per heavy atom. The molecule has 0 radical (unpaired) electrons. The lowest BCUT2D eigenvalue weighted by molar-refractivity contribution is -0.870. The van der Waals surface area contributed by atoms with Gasteiger partial charge in [-0.15, -0.1) is 0 Å². The van der Waals surface area contributed by atoms with Crippen LogP contribution in [0.1, 0.15) is 96.8 Å². The van der Waals surface area contributed by atoms with E-state index in [9.17, 15) is 0 Å². The number of hydrogen-bond acceptors (Lipinski definition) is 1. The van der Waals surface area contributed by atoms with Crippen LogP contribution in [0.5, 0.6) is 0 Å². The van der Waals surface area contributed by atoms with Crippen molar-refractivity contribution in [1.29, 1.82) is 0 Å². The van der Waals surface area contributed by atoms with E-state index in [0.29, 0.717) is 0 Å². The van der Waals surface area contributed by atoms with E-state index in [1.165, 1.54) is 96.4 Å². The first-order chi connectivity index (χ1) is 10.6. The lowest BCUT2D eigenvalue weighted by Gasteiger charge is -2.23. The molecule has 134 valence electrons. The Bertz CT molecular complexity index is 198. The Kier molecular flexibility index (Phi) is 20.3. The minimum absolute atomic E-state index is 1.12. The molecular weight excluding hydrogens is 270 g/mol. The highest BCUT2D eigenvalue weighted by Crippen LogP contribution is 2.13. The summed E-state index contributed by atoms with van der Waals surface area (Å²) in [4.78, 5) is 8.00. The number of unbranched alkanes of at least 4 members (excludes halogenated alkanes) is 13. The third-order valence-electron chi connectivity index (χ3n) is 4.18. The maximum absolute atomic E-state index is 8.00. The van der Waals surface area contributed by atoms with Crippen molar-refractivity contribution >= 4 is 6.79 Å². The predicted molar refractivity (Wildman–Crippen MR) is 100 cm³/mol. The minimum atomic E-state index is 1.12. The second-order valence-electron chi connectivity index (χ2n) is 7.61. The number of carbonyl (C=O) groups excluding carboxylic acids is 1. The maximum Gasteiger partial charge on any atom is 0.106 e. The quantitative estimate of drug-likeness (QED) is 0.268. The minimum Gasteiger partial charge on any atom is -0.331 e. The zero-order valence-electron chi connectivity index (χ0n) is 16.2. The molecule has 0 N–H and O–H groups in total. The molecule has 0 rings (SSSR count). The summed E-state index contributed by atoms with van der Waals surface area (Å²) in [6.07, 6.45) is 20.4. The van der Waals surface area contributed by atoms with Crippen molar-refractivity contribution in [3.63, 3.8) is 0 Å². The van der Waals surface area contributed by atoms with Gasteiger partial charge in [0.25, 0.3) is 0 Å². The van der Waals surface area contributed by atoms with Gasteiger partial charge in [-0.25, -0.2) is 0 Å².